The molecule has 7 nitrogen and oxygen atoms in total. The van der Waals surface area contributed by atoms with Crippen LogP contribution in [-0.2, 0) is 6.54 Å². The van der Waals surface area contributed by atoms with Crippen molar-refractivity contribution in [1.82, 2.24) is 14.5 Å². The highest BCUT2D eigenvalue weighted by molar-refractivity contribution is 5.60. The van der Waals surface area contributed by atoms with Crippen molar-refractivity contribution in [3.63, 3.8) is 0 Å². The molecular formula is C11H21N5O2. The summed E-state index contributed by atoms with van der Waals surface area (Å²) in [5, 5.41) is 2.97. The molecule has 7 heteroatoms. The van der Waals surface area contributed by atoms with Gasteiger partial charge in [-0.05, 0) is 20.5 Å². The van der Waals surface area contributed by atoms with Crippen molar-refractivity contribution >= 4 is 11.5 Å². The number of hydrogen-bond donors (Lipinski definition) is 3. The van der Waals surface area contributed by atoms with Gasteiger partial charge in [0.15, 0.2) is 0 Å². The number of hydrogen-bond acceptors (Lipinski definition) is 5. The van der Waals surface area contributed by atoms with Crippen LogP contribution < -0.4 is 22.3 Å². The van der Waals surface area contributed by atoms with Gasteiger partial charge in [0.25, 0.3) is 5.56 Å². The molecule has 102 valence electrons. The van der Waals surface area contributed by atoms with Crippen molar-refractivity contribution in [3.8, 4) is 0 Å². The van der Waals surface area contributed by atoms with Crippen molar-refractivity contribution < 1.29 is 0 Å². The molecule has 0 spiro atoms. The van der Waals surface area contributed by atoms with Gasteiger partial charge in [-0.3, -0.25) is 14.3 Å². The molecule has 1 aromatic rings. The van der Waals surface area contributed by atoms with E-state index in [-0.39, 0.29) is 11.5 Å². The third-order valence-electron chi connectivity index (χ3n) is 2.55. The molecule has 0 aliphatic heterocycles. The highest BCUT2D eigenvalue weighted by Crippen LogP contribution is 2.09. The lowest BCUT2D eigenvalue weighted by Gasteiger charge is -2.14. The fraction of sp³-hybridized carbons (Fsp3) is 0.636. The van der Waals surface area contributed by atoms with Crippen LogP contribution in [0.4, 0.5) is 11.5 Å². The zero-order chi connectivity index (χ0) is 13.7. The number of rotatable bonds is 6. The molecular weight excluding hydrogens is 234 g/mol. The van der Waals surface area contributed by atoms with Crippen molar-refractivity contribution in [1.29, 1.82) is 0 Å². The summed E-state index contributed by atoms with van der Waals surface area (Å²) >= 11 is 0. The zero-order valence-corrected chi connectivity index (χ0v) is 11.1. The van der Waals surface area contributed by atoms with E-state index in [9.17, 15) is 9.59 Å². The molecule has 0 bridgehead atoms. The van der Waals surface area contributed by atoms with Gasteiger partial charge in [0.1, 0.15) is 11.5 Å². The van der Waals surface area contributed by atoms with Gasteiger partial charge < -0.3 is 16.0 Å². The second-order valence-electron chi connectivity index (χ2n) is 4.40. The van der Waals surface area contributed by atoms with Gasteiger partial charge >= 0.3 is 5.69 Å². The van der Waals surface area contributed by atoms with E-state index in [4.69, 9.17) is 5.73 Å². The van der Waals surface area contributed by atoms with Crippen molar-refractivity contribution in [2.24, 2.45) is 0 Å². The number of anilines is 2. The first-order valence-electron chi connectivity index (χ1n) is 5.98. The van der Waals surface area contributed by atoms with E-state index in [0.29, 0.717) is 13.1 Å². The molecule has 0 atom stereocenters. The van der Waals surface area contributed by atoms with Gasteiger partial charge in [-0.2, -0.15) is 0 Å². The Hall–Kier alpha value is -1.76. The van der Waals surface area contributed by atoms with E-state index in [2.05, 4.69) is 10.3 Å². The molecule has 0 saturated heterocycles. The summed E-state index contributed by atoms with van der Waals surface area (Å²) in [6, 6.07) is 0. The van der Waals surface area contributed by atoms with E-state index in [1.165, 1.54) is 4.57 Å². The monoisotopic (exact) mass is 255 g/mol. The van der Waals surface area contributed by atoms with Gasteiger partial charge in [0, 0.05) is 19.6 Å². The Kier molecular flexibility index (Phi) is 4.96. The van der Waals surface area contributed by atoms with Gasteiger partial charge in [0.05, 0.1) is 0 Å². The van der Waals surface area contributed by atoms with Crippen LogP contribution in [0.2, 0.25) is 0 Å². The second-order valence-corrected chi connectivity index (χ2v) is 4.40. The average Bonchev–Trinajstić information content (AvgIpc) is 2.28. The number of H-pyrrole nitrogens is 1. The first-order valence-corrected chi connectivity index (χ1v) is 5.98. The molecule has 1 aromatic heterocycles. The summed E-state index contributed by atoms with van der Waals surface area (Å²) in [4.78, 5) is 27.5. The quantitative estimate of drug-likeness (QED) is 0.637. The first kappa shape index (κ1) is 14.3. The summed E-state index contributed by atoms with van der Waals surface area (Å²) in [7, 11) is 3.88. The number of nitrogen functional groups attached to an aromatic ring is 1. The van der Waals surface area contributed by atoms with Gasteiger partial charge in [-0.25, -0.2) is 4.79 Å². The molecule has 0 fully saturated rings. The van der Waals surface area contributed by atoms with Crippen molar-refractivity contribution in [2.75, 3.05) is 38.2 Å². The molecule has 0 aromatic carbocycles. The Morgan fingerprint density at radius 2 is 2.06 bits per heavy atom. The van der Waals surface area contributed by atoms with E-state index in [0.717, 1.165) is 13.0 Å². The maximum Gasteiger partial charge on any atom is 0.330 e. The van der Waals surface area contributed by atoms with E-state index < -0.39 is 11.2 Å². The molecule has 0 saturated carbocycles. The predicted molar refractivity (Wildman–Crippen MR) is 73.1 cm³/mol. The number of aromatic amines is 1. The fourth-order valence-electron chi connectivity index (χ4n) is 1.61. The molecule has 4 N–H and O–H groups in total. The Morgan fingerprint density at radius 1 is 1.39 bits per heavy atom. The molecule has 0 radical (unpaired) electrons. The molecule has 0 aliphatic carbocycles. The number of likely N-dealkylation sites (N-methyl/N-ethyl adjacent to an activating group) is 1. The lowest BCUT2D eigenvalue weighted by Crippen LogP contribution is -2.35. The van der Waals surface area contributed by atoms with Crippen LogP contribution in [0.25, 0.3) is 0 Å². The fourth-order valence-corrected chi connectivity index (χ4v) is 1.61. The number of nitrogens with one attached hydrogen (secondary N) is 2. The third kappa shape index (κ3) is 3.36. The van der Waals surface area contributed by atoms with E-state index in [1.807, 2.05) is 25.9 Å². The van der Waals surface area contributed by atoms with Crippen LogP contribution in [-0.4, -0.2) is 41.6 Å². The lowest BCUT2D eigenvalue weighted by atomic mass is 10.4. The number of nitrogens with zero attached hydrogens (tertiary/aromatic N) is 2. The molecule has 0 amide bonds. The molecule has 0 unspecified atom stereocenters. The Balaban J connectivity index is 3.00. The largest absolute Gasteiger partial charge is 0.383 e. The van der Waals surface area contributed by atoms with Gasteiger partial charge in [-0.15, -0.1) is 0 Å². The Labute approximate surface area is 106 Å². The lowest BCUT2D eigenvalue weighted by molar-refractivity contribution is 0.425. The topological polar surface area (TPSA) is 96.2 Å². The maximum atomic E-state index is 11.7. The summed E-state index contributed by atoms with van der Waals surface area (Å²) in [6.45, 7) is 3.79. The summed E-state index contributed by atoms with van der Waals surface area (Å²) in [5.41, 5.74) is 5.19. The number of aromatic nitrogens is 2. The standard InChI is InChI=1S/C11H21N5O2/c1-4-6-16-9(12)8(10(17)14-11(16)18)13-5-7-15(2)3/h13H,4-7,12H2,1-3H3,(H,14,17,18). The highest BCUT2D eigenvalue weighted by Gasteiger charge is 2.11. The number of nitrogens with two attached hydrogens (primary N) is 1. The van der Waals surface area contributed by atoms with Crippen molar-refractivity contribution in [3.05, 3.63) is 20.8 Å². The van der Waals surface area contributed by atoms with Gasteiger partial charge in [-0.1, -0.05) is 6.92 Å². The minimum Gasteiger partial charge on any atom is -0.383 e. The zero-order valence-electron chi connectivity index (χ0n) is 11.1. The van der Waals surface area contributed by atoms with Crippen LogP contribution >= 0.6 is 0 Å². The molecule has 1 heterocycles. The van der Waals surface area contributed by atoms with Crippen LogP contribution in [0.15, 0.2) is 9.59 Å². The minimum absolute atomic E-state index is 0.198. The maximum absolute atomic E-state index is 11.7. The van der Waals surface area contributed by atoms with E-state index >= 15 is 0 Å². The summed E-state index contributed by atoms with van der Waals surface area (Å²) in [6.07, 6.45) is 0.771. The second kappa shape index (κ2) is 6.25. The van der Waals surface area contributed by atoms with E-state index in [1.54, 1.807) is 0 Å². The normalized spacial score (nSPS) is 10.9. The third-order valence-corrected chi connectivity index (χ3v) is 2.55. The summed E-state index contributed by atoms with van der Waals surface area (Å²) in [5.74, 6) is 0.198. The highest BCUT2D eigenvalue weighted by atomic mass is 16.2. The Bertz CT molecular complexity index is 503. The SMILES string of the molecule is CCCn1c(N)c(NCCN(C)C)c(=O)[nH]c1=O. The van der Waals surface area contributed by atoms with Crippen LogP contribution in [0.1, 0.15) is 13.3 Å². The summed E-state index contributed by atoms with van der Waals surface area (Å²) < 4.78 is 1.37. The predicted octanol–water partition coefficient (Wildman–Crippen LogP) is -0.498. The first-order chi connectivity index (χ1) is 8.47. The van der Waals surface area contributed by atoms with Crippen LogP contribution in [0.5, 0.6) is 0 Å². The smallest absolute Gasteiger partial charge is 0.330 e. The molecule has 1 rings (SSSR count). The van der Waals surface area contributed by atoms with Crippen molar-refractivity contribution in [2.45, 2.75) is 19.9 Å². The molecule has 0 aliphatic rings. The molecule has 18 heavy (non-hydrogen) atoms. The minimum atomic E-state index is -0.469. The van der Waals surface area contributed by atoms with Crippen LogP contribution in [0.3, 0.4) is 0 Å². The average molecular weight is 255 g/mol. The van der Waals surface area contributed by atoms with Crippen LogP contribution in [0, 0.1) is 0 Å². The van der Waals surface area contributed by atoms with Gasteiger partial charge in [0.2, 0.25) is 0 Å². The Morgan fingerprint density at radius 3 is 2.61 bits per heavy atom.